The Kier molecular flexibility index (Phi) is 17.1. The first-order valence-corrected chi connectivity index (χ1v) is 9.94. The molecule has 0 heterocycles. The van der Waals surface area contributed by atoms with Gasteiger partial charge in [0, 0.05) is 20.1 Å². The van der Waals surface area contributed by atoms with Crippen LogP contribution in [0, 0.1) is 0 Å². The van der Waals surface area contributed by atoms with Crippen LogP contribution in [0.15, 0.2) is 0 Å². The van der Waals surface area contributed by atoms with E-state index in [1.165, 1.54) is 89.9 Å². The Hall–Kier alpha value is -0.120. The Bertz CT molecular complexity index is 205. The van der Waals surface area contributed by atoms with E-state index >= 15 is 0 Å². The van der Waals surface area contributed by atoms with Crippen molar-refractivity contribution in [1.29, 1.82) is 0 Å². The molecule has 1 unspecified atom stereocenters. The Morgan fingerprint density at radius 3 is 1.45 bits per heavy atom. The van der Waals surface area contributed by atoms with Crippen LogP contribution in [-0.2, 0) is 0 Å². The zero-order valence-electron chi connectivity index (χ0n) is 15.9. The number of hydrazine groups is 2. The maximum Gasteiger partial charge on any atom is 0.0399 e. The zero-order valence-corrected chi connectivity index (χ0v) is 15.9. The normalized spacial score (nSPS) is 13.0. The van der Waals surface area contributed by atoms with Crippen molar-refractivity contribution in [3.05, 3.63) is 0 Å². The van der Waals surface area contributed by atoms with Crippen LogP contribution in [0.25, 0.3) is 0 Å². The lowest BCUT2D eigenvalue weighted by molar-refractivity contribution is 0.0696. The maximum absolute atomic E-state index is 3.25. The molecule has 0 aromatic heterocycles. The van der Waals surface area contributed by atoms with Gasteiger partial charge in [0.05, 0.1) is 0 Å². The molecule has 134 valence electrons. The predicted molar refractivity (Wildman–Crippen MR) is 99.7 cm³/mol. The van der Waals surface area contributed by atoms with E-state index in [0.29, 0.717) is 6.04 Å². The van der Waals surface area contributed by atoms with Gasteiger partial charge in [-0.15, -0.1) is 0 Å². The third-order valence-electron chi connectivity index (χ3n) is 4.61. The summed E-state index contributed by atoms with van der Waals surface area (Å²) >= 11 is 0. The largest absolute Gasteiger partial charge is 0.244 e. The summed E-state index contributed by atoms with van der Waals surface area (Å²) in [6.07, 6.45) is 19.5. The summed E-state index contributed by atoms with van der Waals surface area (Å²) in [6, 6.07) is 0.624. The van der Waals surface area contributed by atoms with E-state index in [0.717, 1.165) is 0 Å². The summed E-state index contributed by atoms with van der Waals surface area (Å²) in [6.45, 7) is 4.56. The average molecular weight is 314 g/mol. The topological polar surface area (TPSA) is 27.3 Å². The minimum absolute atomic E-state index is 0.624. The number of hydrogen-bond donors (Lipinski definition) is 2. The Balaban J connectivity index is 3.45. The second-order valence-electron chi connectivity index (χ2n) is 6.58. The molecule has 0 fully saturated rings. The first kappa shape index (κ1) is 21.9. The molecule has 0 aromatic rings. The van der Waals surface area contributed by atoms with Gasteiger partial charge >= 0.3 is 0 Å². The predicted octanol–water partition coefficient (Wildman–Crippen LogP) is 5.43. The van der Waals surface area contributed by atoms with E-state index in [-0.39, 0.29) is 0 Å². The number of nitrogens with zero attached hydrogens (tertiary/aromatic N) is 1. The van der Waals surface area contributed by atoms with Gasteiger partial charge < -0.3 is 0 Å². The van der Waals surface area contributed by atoms with E-state index in [4.69, 9.17) is 0 Å². The van der Waals surface area contributed by atoms with Gasteiger partial charge in [0.2, 0.25) is 0 Å². The molecular weight excluding hydrogens is 270 g/mol. The van der Waals surface area contributed by atoms with E-state index in [1.807, 2.05) is 14.1 Å². The Morgan fingerprint density at radius 1 is 0.591 bits per heavy atom. The third kappa shape index (κ3) is 12.4. The molecule has 2 N–H and O–H groups in total. The lowest BCUT2D eigenvalue weighted by atomic mass is 10.0. The third-order valence-corrected chi connectivity index (χ3v) is 4.61. The molecule has 0 radical (unpaired) electrons. The van der Waals surface area contributed by atoms with E-state index in [1.54, 1.807) is 0 Å². The van der Waals surface area contributed by atoms with Gasteiger partial charge in [0.1, 0.15) is 0 Å². The summed E-state index contributed by atoms with van der Waals surface area (Å²) in [5.41, 5.74) is 6.50. The first-order chi connectivity index (χ1) is 10.8. The number of hydrogen-bond acceptors (Lipinski definition) is 3. The molecule has 0 rings (SSSR count). The van der Waals surface area contributed by atoms with E-state index in [2.05, 4.69) is 29.8 Å². The number of unbranched alkanes of at least 4 members (excludes halogenated alkanes) is 10. The van der Waals surface area contributed by atoms with Crippen molar-refractivity contribution in [2.75, 3.05) is 14.1 Å². The minimum atomic E-state index is 0.624. The average Bonchev–Trinajstić information content (AvgIpc) is 2.53. The van der Waals surface area contributed by atoms with Crippen LogP contribution < -0.4 is 10.9 Å². The minimum Gasteiger partial charge on any atom is -0.244 e. The maximum atomic E-state index is 3.25. The molecule has 3 heteroatoms. The quantitative estimate of drug-likeness (QED) is 0.277. The molecule has 0 amide bonds. The smallest absolute Gasteiger partial charge is 0.0399 e. The summed E-state index contributed by atoms with van der Waals surface area (Å²) in [4.78, 5) is 0. The van der Waals surface area contributed by atoms with Crippen LogP contribution in [-0.4, -0.2) is 25.3 Å². The number of rotatable bonds is 17. The SMILES string of the molecule is CCCCCCCCCCCCCC(CCC)N(NC)NC. The monoisotopic (exact) mass is 313 g/mol. The molecule has 0 aliphatic rings. The zero-order chi connectivity index (χ0) is 16.5. The van der Waals surface area contributed by atoms with Gasteiger partial charge in [-0.2, -0.15) is 5.12 Å². The standard InChI is InChI=1S/C19H43N3/c1-5-7-8-9-10-11-12-13-14-15-16-18-19(17-6-2)22(20-3)21-4/h19-21H,5-18H2,1-4H3. The van der Waals surface area contributed by atoms with Gasteiger partial charge in [-0.25, -0.2) is 10.9 Å². The lowest BCUT2D eigenvalue weighted by Crippen LogP contribution is -2.50. The van der Waals surface area contributed by atoms with Crippen molar-refractivity contribution in [3.8, 4) is 0 Å². The fourth-order valence-corrected chi connectivity index (χ4v) is 3.26. The second-order valence-corrected chi connectivity index (χ2v) is 6.58. The summed E-state index contributed by atoms with van der Waals surface area (Å²) in [7, 11) is 4.00. The van der Waals surface area contributed by atoms with Crippen LogP contribution >= 0.6 is 0 Å². The lowest BCUT2D eigenvalue weighted by Gasteiger charge is -2.29. The van der Waals surface area contributed by atoms with Crippen molar-refractivity contribution >= 4 is 0 Å². The van der Waals surface area contributed by atoms with E-state index < -0.39 is 0 Å². The van der Waals surface area contributed by atoms with Crippen molar-refractivity contribution in [1.82, 2.24) is 16.0 Å². The number of nitrogens with one attached hydrogen (secondary N) is 2. The molecule has 22 heavy (non-hydrogen) atoms. The summed E-state index contributed by atoms with van der Waals surface area (Å²) in [5, 5.41) is 2.17. The second kappa shape index (κ2) is 17.2. The summed E-state index contributed by atoms with van der Waals surface area (Å²) in [5.74, 6) is 0. The van der Waals surface area contributed by atoms with Crippen LogP contribution in [0.1, 0.15) is 104 Å². The van der Waals surface area contributed by atoms with Crippen molar-refractivity contribution in [2.24, 2.45) is 0 Å². The van der Waals surface area contributed by atoms with Crippen molar-refractivity contribution in [3.63, 3.8) is 0 Å². The molecule has 1 atom stereocenters. The molecular formula is C19H43N3. The fourth-order valence-electron chi connectivity index (χ4n) is 3.26. The molecule has 0 saturated heterocycles. The molecule has 0 aromatic carbocycles. The molecule has 3 nitrogen and oxygen atoms in total. The fraction of sp³-hybridized carbons (Fsp3) is 1.00. The summed E-state index contributed by atoms with van der Waals surface area (Å²) < 4.78 is 0. The van der Waals surface area contributed by atoms with Gasteiger partial charge in [-0.05, 0) is 12.8 Å². The van der Waals surface area contributed by atoms with Crippen LogP contribution in [0.5, 0.6) is 0 Å². The Labute approximate surface area is 140 Å². The Morgan fingerprint density at radius 2 is 1.05 bits per heavy atom. The van der Waals surface area contributed by atoms with Gasteiger partial charge in [0.25, 0.3) is 0 Å². The van der Waals surface area contributed by atoms with Crippen molar-refractivity contribution < 1.29 is 0 Å². The van der Waals surface area contributed by atoms with E-state index in [9.17, 15) is 0 Å². The molecule has 0 aliphatic heterocycles. The molecule has 0 spiro atoms. The van der Waals surface area contributed by atoms with Gasteiger partial charge in [-0.1, -0.05) is 90.9 Å². The molecule has 0 saturated carbocycles. The van der Waals surface area contributed by atoms with Crippen molar-refractivity contribution in [2.45, 2.75) is 110 Å². The molecule has 0 bridgehead atoms. The van der Waals surface area contributed by atoms with Crippen LogP contribution in [0.2, 0.25) is 0 Å². The van der Waals surface area contributed by atoms with Crippen LogP contribution in [0.4, 0.5) is 0 Å². The molecule has 0 aliphatic carbocycles. The van der Waals surface area contributed by atoms with Gasteiger partial charge in [0.15, 0.2) is 0 Å². The first-order valence-electron chi connectivity index (χ1n) is 9.94. The van der Waals surface area contributed by atoms with Crippen LogP contribution in [0.3, 0.4) is 0 Å². The highest BCUT2D eigenvalue weighted by Crippen LogP contribution is 2.15. The highest BCUT2D eigenvalue weighted by molar-refractivity contribution is 4.65. The van der Waals surface area contributed by atoms with Gasteiger partial charge in [-0.3, -0.25) is 0 Å². The highest BCUT2D eigenvalue weighted by atomic mass is 15.7. The highest BCUT2D eigenvalue weighted by Gasteiger charge is 2.14.